The summed E-state index contributed by atoms with van der Waals surface area (Å²) in [6.45, 7) is 5.96. The van der Waals surface area contributed by atoms with E-state index in [9.17, 15) is 8.42 Å². The Bertz CT molecular complexity index is 717. The van der Waals surface area contributed by atoms with Crippen LogP contribution in [0.5, 0.6) is 0 Å². The lowest BCUT2D eigenvalue weighted by Gasteiger charge is -2.31. The Morgan fingerprint density at radius 1 is 1.32 bits per heavy atom. The van der Waals surface area contributed by atoms with Gasteiger partial charge >= 0.3 is 0 Å². The molecule has 0 aromatic heterocycles. The van der Waals surface area contributed by atoms with Crippen LogP contribution in [0, 0.1) is 13.8 Å². The van der Waals surface area contributed by atoms with Gasteiger partial charge in [-0.05, 0) is 55.7 Å². The average molecular weight is 385 g/mol. The summed E-state index contributed by atoms with van der Waals surface area (Å²) in [6, 6.07) is 6.14. The molecule has 1 fully saturated rings. The molecule has 140 valence electrons. The van der Waals surface area contributed by atoms with Gasteiger partial charge in [0.25, 0.3) is 0 Å². The highest BCUT2D eigenvalue weighted by Gasteiger charge is 2.33. The summed E-state index contributed by atoms with van der Waals surface area (Å²) in [5.41, 5.74) is 3.40. The topological polar surface area (TPSA) is 53.9 Å². The normalized spacial score (nSPS) is 19.2. The molecule has 1 atom stereocenters. The lowest BCUT2D eigenvalue weighted by atomic mass is 10.1. The van der Waals surface area contributed by atoms with Gasteiger partial charge in [-0.1, -0.05) is 6.07 Å². The molecule has 0 spiro atoms. The number of anilines is 1. The Kier molecular flexibility index (Phi) is 6.82. The van der Waals surface area contributed by atoms with Gasteiger partial charge in [-0.2, -0.15) is 0 Å². The predicted molar refractivity (Wildman–Crippen MR) is 108 cm³/mol. The number of hydrogen-bond acceptors (Lipinski definition) is 3. The highest BCUT2D eigenvalue weighted by molar-refractivity contribution is 7.91. The third kappa shape index (κ3) is 5.94. The zero-order valence-corrected chi connectivity index (χ0v) is 17.3. The van der Waals surface area contributed by atoms with Crippen LogP contribution < -0.4 is 10.2 Å². The molecule has 1 aromatic carbocycles. The highest BCUT2D eigenvalue weighted by Crippen LogP contribution is 2.20. The summed E-state index contributed by atoms with van der Waals surface area (Å²) in [7, 11) is 1.31. The summed E-state index contributed by atoms with van der Waals surface area (Å²) in [5.74, 6) is 0.468. The van der Waals surface area contributed by atoms with Crippen LogP contribution in [-0.4, -0.2) is 63.2 Å². The summed E-state index contributed by atoms with van der Waals surface area (Å²) in [6.07, 6.45) is 1.64. The van der Waals surface area contributed by atoms with Gasteiger partial charge in [0.05, 0.1) is 32.1 Å². The summed E-state index contributed by atoms with van der Waals surface area (Å²) >= 11 is 5.64. The first-order valence-electron chi connectivity index (χ1n) is 8.82. The minimum absolute atomic E-state index is 0.0197. The van der Waals surface area contributed by atoms with Crippen molar-refractivity contribution in [2.75, 3.05) is 44.0 Å². The Morgan fingerprint density at radius 3 is 2.60 bits per heavy atom. The van der Waals surface area contributed by atoms with Crippen LogP contribution in [0.15, 0.2) is 18.2 Å². The summed E-state index contributed by atoms with van der Waals surface area (Å²) in [5, 5.41) is 3.93. The molecule has 1 saturated heterocycles. The maximum Gasteiger partial charge on any atom is 0.173 e. The molecule has 1 aliphatic rings. The smallest absolute Gasteiger partial charge is 0.173 e. The number of nitrogens with zero attached hydrogens (tertiary/aromatic N) is 1. The van der Waals surface area contributed by atoms with E-state index in [1.165, 1.54) is 16.0 Å². The van der Waals surface area contributed by atoms with Crippen molar-refractivity contribution in [3.8, 4) is 0 Å². The van der Waals surface area contributed by atoms with E-state index >= 15 is 0 Å². The van der Waals surface area contributed by atoms with Crippen LogP contribution >= 0.6 is 12.2 Å². The average Bonchev–Trinajstić information content (AvgIpc) is 2.87. The van der Waals surface area contributed by atoms with E-state index in [1.54, 1.807) is 0 Å². The van der Waals surface area contributed by atoms with Gasteiger partial charge in [-0.3, -0.25) is 0 Å². The molecule has 2 N–H and O–H groups in total. The fourth-order valence-electron chi connectivity index (χ4n) is 3.09. The van der Waals surface area contributed by atoms with E-state index < -0.39 is 9.84 Å². The van der Waals surface area contributed by atoms with Gasteiger partial charge in [0.1, 0.15) is 0 Å². The number of rotatable bonds is 6. The molecule has 0 unspecified atom stereocenters. The van der Waals surface area contributed by atoms with Crippen LogP contribution in [0.4, 0.5) is 5.69 Å². The highest BCUT2D eigenvalue weighted by atomic mass is 32.2. The molecular formula is C18H30N3O2S2+. The zero-order chi connectivity index (χ0) is 18.6. The third-order valence-electron chi connectivity index (χ3n) is 4.74. The van der Waals surface area contributed by atoms with E-state index in [0.717, 1.165) is 25.2 Å². The maximum absolute atomic E-state index is 11.9. The molecule has 7 heteroatoms. The monoisotopic (exact) mass is 384 g/mol. The van der Waals surface area contributed by atoms with Crippen LogP contribution in [0.3, 0.4) is 0 Å². The largest absolute Gasteiger partial charge is 0.345 e. The Labute approximate surface area is 157 Å². The second-order valence-electron chi connectivity index (χ2n) is 7.29. The van der Waals surface area contributed by atoms with E-state index in [0.29, 0.717) is 11.5 Å². The molecule has 0 amide bonds. The molecule has 0 saturated carbocycles. The van der Waals surface area contributed by atoms with Crippen molar-refractivity contribution >= 4 is 32.9 Å². The van der Waals surface area contributed by atoms with Crippen LogP contribution in [0.2, 0.25) is 0 Å². The molecule has 0 bridgehead atoms. The molecule has 0 aliphatic carbocycles. The van der Waals surface area contributed by atoms with Crippen molar-refractivity contribution in [2.24, 2.45) is 0 Å². The molecule has 2 rings (SSSR count). The van der Waals surface area contributed by atoms with E-state index in [1.807, 2.05) is 6.07 Å². The SMILES string of the molecule is Cc1ccc(NC(=S)N(CCC[NH+](C)C)[C@@H]2CCS(=O)(=O)C2)cc1C. The number of benzene rings is 1. The number of thiocarbonyl (C=S) groups is 1. The predicted octanol–water partition coefficient (Wildman–Crippen LogP) is 1.02. The molecular weight excluding hydrogens is 354 g/mol. The standard InChI is InChI=1S/C18H29N3O2S2/c1-14-6-7-16(12-15(14)2)19-18(24)21(10-5-9-20(3)4)17-8-11-25(22,23)13-17/h6-7,12,17H,5,8-11,13H2,1-4H3,(H,19,24)/p+1/t17-/m1/s1. The van der Waals surface area contributed by atoms with Crippen molar-refractivity contribution < 1.29 is 13.3 Å². The molecule has 25 heavy (non-hydrogen) atoms. The Hall–Kier alpha value is -1.18. The van der Waals surface area contributed by atoms with Gasteiger partial charge in [0.2, 0.25) is 0 Å². The van der Waals surface area contributed by atoms with Crippen molar-refractivity contribution in [3.05, 3.63) is 29.3 Å². The number of aryl methyl sites for hydroxylation is 2. The summed E-state index contributed by atoms with van der Waals surface area (Å²) in [4.78, 5) is 3.46. The van der Waals surface area contributed by atoms with Gasteiger partial charge in [-0.25, -0.2) is 8.42 Å². The molecule has 1 aliphatic heterocycles. The first-order chi connectivity index (χ1) is 11.7. The first-order valence-corrected chi connectivity index (χ1v) is 11.1. The lowest BCUT2D eigenvalue weighted by molar-refractivity contribution is -0.858. The van der Waals surface area contributed by atoms with Gasteiger partial charge < -0.3 is 15.1 Å². The zero-order valence-electron chi connectivity index (χ0n) is 15.6. The van der Waals surface area contributed by atoms with Crippen LogP contribution in [0.25, 0.3) is 0 Å². The number of sulfone groups is 1. The van der Waals surface area contributed by atoms with Crippen molar-refractivity contribution in [3.63, 3.8) is 0 Å². The quantitative estimate of drug-likeness (QED) is 0.718. The first kappa shape index (κ1) is 20.1. The van der Waals surface area contributed by atoms with Gasteiger partial charge in [0.15, 0.2) is 14.9 Å². The van der Waals surface area contributed by atoms with Crippen molar-refractivity contribution in [2.45, 2.75) is 32.7 Å². The fraction of sp³-hybridized carbons (Fsp3) is 0.611. The third-order valence-corrected chi connectivity index (χ3v) is 6.83. The summed E-state index contributed by atoms with van der Waals surface area (Å²) < 4.78 is 23.8. The minimum atomic E-state index is -2.93. The van der Waals surface area contributed by atoms with E-state index in [4.69, 9.17) is 12.2 Å². The fourth-order valence-corrected chi connectivity index (χ4v) is 5.18. The molecule has 0 radical (unpaired) electrons. The van der Waals surface area contributed by atoms with Crippen molar-refractivity contribution in [1.29, 1.82) is 0 Å². The van der Waals surface area contributed by atoms with Gasteiger partial charge in [0, 0.05) is 24.7 Å². The van der Waals surface area contributed by atoms with Gasteiger partial charge in [-0.15, -0.1) is 0 Å². The second-order valence-corrected chi connectivity index (χ2v) is 9.91. The maximum atomic E-state index is 11.9. The molecule has 1 aromatic rings. The van der Waals surface area contributed by atoms with E-state index in [2.05, 4.69) is 50.3 Å². The Balaban J connectivity index is 2.09. The second kappa shape index (κ2) is 8.47. The van der Waals surface area contributed by atoms with Crippen molar-refractivity contribution in [1.82, 2.24) is 4.90 Å². The minimum Gasteiger partial charge on any atom is -0.345 e. The molecule has 5 nitrogen and oxygen atoms in total. The Morgan fingerprint density at radius 2 is 2.04 bits per heavy atom. The van der Waals surface area contributed by atoms with E-state index in [-0.39, 0.29) is 17.5 Å². The number of quaternary nitrogens is 1. The lowest BCUT2D eigenvalue weighted by Crippen LogP contribution is -3.05. The molecule has 1 heterocycles. The number of nitrogens with one attached hydrogen (secondary N) is 2. The van der Waals surface area contributed by atoms with Crippen LogP contribution in [-0.2, 0) is 9.84 Å². The number of hydrogen-bond donors (Lipinski definition) is 2. The van der Waals surface area contributed by atoms with Crippen LogP contribution in [0.1, 0.15) is 24.0 Å².